The summed E-state index contributed by atoms with van der Waals surface area (Å²) < 4.78 is 11.1. The summed E-state index contributed by atoms with van der Waals surface area (Å²) in [7, 11) is 3.64. The minimum atomic E-state index is -0.560. The molecule has 2 aromatic rings. The Hall–Kier alpha value is -2.42. The van der Waals surface area contributed by atoms with Crippen molar-refractivity contribution in [1.29, 1.82) is 0 Å². The van der Waals surface area contributed by atoms with Gasteiger partial charge in [0.15, 0.2) is 5.82 Å². The molecule has 0 spiro atoms. The summed E-state index contributed by atoms with van der Waals surface area (Å²) in [5, 5.41) is 15.8. The van der Waals surface area contributed by atoms with Crippen molar-refractivity contribution in [2.75, 3.05) is 63.8 Å². The van der Waals surface area contributed by atoms with E-state index in [1.54, 1.807) is 7.05 Å². The molecule has 0 radical (unpaired) electrons. The molecule has 1 aliphatic rings. The highest BCUT2D eigenvalue weighted by molar-refractivity contribution is 5.63. The lowest BCUT2D eigenvalue weighted by Crippen LogP contribution is -2.36. The molecule has 1 fully saturated rings. The number of aliphatic hydroxyl groups is 1. The van der Waals surface area contributed by atoms with Crippen molar-refractivity contribution >= 4 is 11.6 Å². The summed E-state index contributed by atoms with van der Waals surface area (Å²) in [5.41, 5.74) is 0.863. The molecule has 1 aliphatic heterocycles. The fourth-order valence-corrected chi connectivity index (χ4v) is 3.21. The molecule has 0 amide bonds. The van der Waals surface area contributed by atoms with Crippen LogP contribution in [0.4, 0.5) is 11.6 Å². The molecule has 1 unspecified atom stereocenters. The van der Waals surface area contributed by atoms with Crippen LogP contribution >= 0.6 is 0 Å². The van der Waals surface area contributed by atoms with Crippen LogP contribution in [0.2, 0.25) is 0 Å². The van der Waals surface area contributed by atoms with Gasteiger partial charge in [0.2, 0.25) is 0 Å². The third kappa shape index (κ3) is 9.94. The van der Waals surface area contributed by atoms with Gasteiger partial charge in [-0.2, -0.15) is 0 Å². The van der Waals surface area contributed by atoms with E-state index in [0.29, 0.717) is 31.3 Å². The molecule has 1 atom stereocenters. The summed E-state index contributed by atoms with van der Waals surface area (Å²) >= 11 is 0. The highest BCUT2D eigenvalue weighted by Crippen LogP contribution is 2.25. The Morgan fingerprint density at radius 2 is 1.85 bits per heavy atom. The van der Waals surface area contributed by atoms with E-state index in [0.717, 1.165) is 30.3 Å². The smallest absolute Gasteiger partial charge is 0.163 e. The van der Waals surface area contributed by atoms with Gasteiger partial charge in [-0.3, -0.25) is 0 Å². The Morgan fingerprint density at radius 3 is 2.45 bits per heavy atom. The van der Waals surface area contributed by atoms with Crippen LogP contribution in [0.15, 0.2) is 30.3 Å². The van der Waals surface area contributed by atoms with Crippen LogP contribution in [0.25, 0.3) is 11.4 Å². The largest absolute Gasteiger partial charge is 0.491 e. The number of aromatic nitrogens is 2. The topological polar surface area (TPSA) is 91.8 Å². The maximum atomic E-state index is 9.81. The van der Waals surface area contributed by atoms with E-state index < -0.39 is 6.10 Å². The maximum absolute atomic E-state index is 9.81. The van der Waals surface area contributed by atoms with E-state index in [9.17, 15) is 5.11 Å². The van der Waals surface area contributed by atoms with Crippen LogP contribution in [-0.4, -0.2) is 74.7 Å². The quantitative estimate of drug-likeness (QED) is 0.492. The second-order valence-electron chi connectivity index (χ2n) is 7.69. The highest BCUT2D eigenvalue weighted by Gasteiger charge is 2.16. The summed E-state index contributed by atoms with van der Waals surface area (Å²) in [6, 6.07) is 9.56. The highest BCUT2D eigenvalue weighted by atomic mass is 16.5. The first-order valence-electron chi connectivity index (χ1n) is 11.6. The minimum Gasteiger partial charge on any atom is -0.491 e. The van der Waals surface area contributed by atoms with Crippen molar-refractivity contribution in [1.82, 2.24) is 15.3 Å². The summed E-state index contributed by atoms with van der Waals surface area (Å²) in [5.74, 6) is 2.94. The van der Waals surface area contributed by atoms with Crippen LogP contribution < -0.4 is 20.3 Å². The number of benzene rings is 1. The average Bonchev–Trinajstić information content (AvgIpc) is 2.84. The van der Waals surface area contributed by atoms with E-state index in [2.05, 4.69) is 34.4 Å². The SMILES string of the molecule is C.CCCCC.CNCC(O)COc1cccc(-c2nc(NC)cc(N3CCOCC3)n2)c1. The standard InChI is InChI=1S/C19H27N5O3.C5H12.CH4/c1-20-12-15(25)13-27-16-5-3-4-14(10-16)19-22-17(21-2)11-18(23-19)24-6-8-26-9-7-24;1-3-5-4-2;/h3-5,10-11,15,20,25H,6-9,12-13H2,1-2H3,(H,21,22,23);3-5H2,1-2H3;1H4. The number of nitrogens with one attached hydrogen (secondary N) is 2. The van der Waals surface area contributed by atoms with Gasteiger partial charge in [0.1, 0.15) is 30.1 Å². The number of anilines is 2. The summed E-state index contributed by atoms with van der Waals surface area (Å²) in [6.45, 7) is 8.15. The van der Waals surface area contributed by atoms with Crippen molar-refractivity contribution < 1.29 is 14.6 Å². The van der Waals surface area contributed by atoms with Crippen molar-refractivity contribution in [3.8, 4) is 17.1 Å². The van der Waals surface area contributed by atoms with Crippen molar-refractivity contribution in [2.24, 2.45) is 0 Å². The zero-order valence-corrected chi connectivity index (χ0v) is 19.9. The molecular formula is C25H43N5O3. The normalized spacial score (nSPS) is 13.9. The number of likely N-dealkylation sites (N-methyl/N-ethyl adjacent to an activating group) is 1. The molecule has 1 aromatic heterocycles. The van der Waals surface area contributed by atoms with E-state index >= 15 is 0 Å². The molecular weight excluding hydrogens is 418 g/mol. The predicted molar refractivity (Wildman–Crippen MR) is 137 cm³/mol. The molecule has 1 aromatic carbocycles. The van der Waals surface area contributed by atoms with Gasteiger partial charge in [-0.1, -0.05) is 52.7 Å². The van der Waals surface area contributed by atoms with Crippen LogP contribution in [0.5, 0.6) is 5.75 Å². The Bertz CT molecular complexity index is 782. The number of hydrogen-bond acceptors (Lipinski definition) is 8. The first-order valence-corrected chi connectivity index (χ1v) is 11.6. The van der Waals surface area contributed by atoms with Gasteiger partial charge >= 0.3 is 0 Å². The number of rotatable bonds is 10. The zero-order chi connectivity index (χ0) is 23.2. The van der Waals surface area contributed by atoms with Crippen LogP contribution in [0.1, 0.15) is 40.5 Å². The van der Waals surface area contributed by atoms with E-state index in [1.165, 1.54) is 19.3 Å². The van der Waals surface area contributed by atoms with Crippen molar-refractivity contribution in [3.63, 3.8) is 0 Å². The van der Waals surface area contributed by atoms with Crippen LogP contribution in [-0.2, 0) is 4.74 Å². The molecule has 2 heterocycles. The molecule has 33 heavy (non-hydrogen) atoms. The third-order valence-corrected chi connectivity index (χ3v) is 4.99. The first kappa shape index (κ1) is 28.6. The fourth-order valence-electron chi connectivity index (χ4n) is 3.21. The molecule has 186 valence electrons. The zero-order valence-electron chi connectivity index (χ0n) is 19.9. The van der Waals surface area contributed by atoms with Gasteiger partial charge in [0, 0.05) is 38.3 Å². The first-order chi connectivity index (χ1) is 15.6. The van der Waals surface area contributed by atoms with E-state index in [4.69, 9.17) is 14.5 Å². The molecule has 0 aliphatic carbocycles. The Labute approximate surface area is 199 Å². The Kier molecular flexibility index (Phi) is 14.1. The maximum Gasteiger partial charge on any atom is 0.163 e. The van der Waals surface area contributed by atoms with E-state index in [-0.39, 0.29) is 14.0 Å². The molecule has 0 saturated carbocycles. The third-order valence-electron chi connectivity index (χ3n) is 4.99. The van der Waals surface area contributed by atoms with E-state index in [1.807, 2.05) is 37.4 Å². The number of hydrogen-bond donors (Lipinski definition) is 3. The summed E-state index contributed by atoms with van der Waals surface area (Å²) in [4.78, 5) is 11.5. The molecule has 3 N–H and O–H groups in total. The second-order valence-corrected chi connectivity index (χ2v) is 7.69. The van der Waals surface area contributed by atoms with Gasteiger partial charge in [-0.05, 0) is 19.2 Å². The lowest BCUT2D eigenvalue weighted by atomic mass is 10.2. The Morgan fingerprint density at radius 1 is 1.12 bits per heavy atom. The average molecular weight is 462 g/mol. The van der Waals surface area contributed by atoms with Crippen LogP contribution in [0.3, 0.4) is 0 Å². The number of ether oxygens (including phenoxy) is 2. The number of unbranched alkanes of at least 4 members (excludes halogenated alkanes) is 2. The van der Waals surface area contributed by atoms with Gasteiger partial charge in [0.05, 0.1) is 13.2 Å². The monoisotopic (exact) mass is 461 g/mol. The number of aliphatic hydroxyl groups excluding tert-OH is 1. The fraction of sp³-hybridized carbons (Fsp3) is 0.600. The molecule has 8 heteroatoms. The van der Waals surface area contributed by atoms with Gasteiger partial charge < -0.3 is 30.1 Å². The summed E-state index contributed by atoms with van der Waals surface area (Å²) in [6.07, 6.45) is 3.52. The Balaban J connectivity index is 0.000000821. The van der Waals surface area contributed by atoms with Gasteiger partial charge in [0.25, 0.3) is 0 Å². The number of morpholine rings is 1. The number of nitrogens with zero attached hydrogens (tertiary/aromatic N) is 3. The minimum absolute atomic E-state index is 0. The van der Waals surface area contributed by atoms with Crippen molar-refractivity contribution in [3.05, 3.63) is 30.3 Å². The predicted octanol–water partition coefficient (Wildman–Crippen LogP) is 3.81. The van der Waals surface area contributed by atoms with Crippen LogP contribution in [0, 0.1) is 0 Å². The lowest BCUT2D eigenvalue weighted by molar-refractivity contribution is 0.108. The molecule has 8 nitrogen and oxygen atoms in total. The van der Waals surface area contributed by atoms with Crippen molar-refractivity contribution in [2.45, 2.75) is 46.6 Å². The van der Waals surface area contributed by atoms with Gasteiger partial charge in [-0.25, -0.2) is 9.97 Å². The van der Waals surface area contributed by atoms with Gasteiger partial charge in [-0.15, -0.1) is 0 Å². The molecule has 3 rings (SSSR count). The molecule has 1 saturated heterocycles. The lowest BCUT2D eigenvalue weighted by Gasteiger charge is -2.28. The molecule has 0 bridgehead atoms. The second kappa shape index (κ2) is 16.2.